The molecule has 2 unspecified atom stereocenters. The van der Waals surface area contributed by atoms with Crippen LogP contribution in [0.4, 0.5) is 10.5 Å². The van der Waals surface area contributed by atoms with Crippen LogP contribution in [0.2, 0.25) is 0 Å². The van der Waals surface area contributed by atoms with E-state index >= 15 is 0 Å². The molecule has 2 aromatic rings. The van der Waals surface area contributed by atoms with Crippen LogP contribution >= 0.6 is 0 Å². The third kappa shape index (κ3) is 3.39. The first-order valence-corrected chi connectivity index (χ1v) is 8.62. The number of nitrogens with one attached hydrogen (secondary N) is 1. The molecule has 0 bridgehead atoms. The van der Waals surface area contributed by atoms with E-state index in [9.17, 15) is 9.59 Å². The number of urea groups is 1. The lowest BCUT2D eigenvalue weighted by molar-refractivity contribution is -0.154. The number of amides is 3. The first-order valence-electron chi connectivity index (χ1n) is 8.62. The quantitative estimate of drug-likeness (QED) is 0.913. The number of hydrogen-bond acceptors (Lipinski definition) is 4. The molecule has 0 saturated carbocycles. The number of rotatable bonds is 3. The Morgan fingerprint density at radius 2 is 1.96 bits per heavy atom. The summed E-state index contributed by atoms with van der Waals surface area (Å²) in [5.41, 5.74) is 1.57. The molecule has 0 spiro atoms. The number of aromatic nitrogens is 1. The van der Waals surface area contributed by atoms with Crippen LogP contribution in [0, 0.1) is 0 Å². The summed E-state index contributed by atoms with van der Waals surface area (Å²) < 4.78 is 5.68. The maximum atomic E-state index is 12.5. The normalized spacial score (nSPS) is 22.2. The van der Waals surface area contributed by atoms with E-state index in [-0.39, 0.29) is 30.7 Å². The Hall–Kier alpha value is -2.93. The number of hydrogen-bond donors (Lipinski definition) is 1. The van der Waals surface area contributed by atoms with Gasteiger partial charge in [0.2, 0.25) is 5.91 Å². The summed E-state index contributed by atoms with van der Waals surface area (Å²) in [5, 5.41) is 2.88. The fourth-order valence-electron chi connectivity index (χ4n) is 3.43. The molecule has 2 aliphatic rings. The van der Waals surface area contributed by atoms with Crippen LogP contribution in [0.1, 0.15) is 5.69 Å². The van der Waals surface area contributed by atoms with Gasteiger partial charge in [0.15, 0.2) is 0 Å². The van der Waals surface area contributed by atoms with Crippen molar-refractivity contribution in [3.8, 4) is 0 Å². The Balaban J connectivity index is 1.45. The Labute approximate surface area is 151 Å². The summed E-state index contributed by atoms with van der Waals surface area (Å²) in [7, 11) is 0. The van der Waals surface area contributed by atoms with E-state index in [1.807, 2.05) is 48.5 Å². The molecule has 1 aromatic heterocycles. The van der Waals surface area contributed by atoms with Crippen LogP contribution in [0.15, 0.2) is 54.7 Å². The topological polar surface area (TPSA) is 74.8 Å². The third-order valence-electron chi connectivity index (χ3n) is 4.75. The molecule has 4 rings (SSSR count). The maximum absolute atomic E-state index is 12.5. The first kappa shape index (κ1) is 16.5. The van der Waals surface area contributed by atoms with Crippen molar-refractivity contribution in [3.05, 3.63) is 60.4 Å². The van der Waals surface area contributed by atoms with Crippen LogP contribution in [-0.4, -0.2) is 58.6 Å². The van der Waals surface area contributed by atoms with Gasteiger partial charge in [0.25, 0.3) is 0 Å². The van der Waals surface area contributed by atoms with Gasteiger partial charge in [0.05, 0.1) is 30.9 Å². The predicted molar refractivity (Wildman–Crippen MR) is 95.3 cm³/mol. The SMILES string of the molecule is O=C(Nc1ccccc1)N1CC2OCC(=O)N(Cc3ccccn3)C2C1. The molecule has 2 aliphatic heterocycles. The van der Waals surface area contributed by atoms with Gasteiger partial charge in [-0.2, -0.15) is 0 Å². The average molecular weight is 352 g/mol. The number of carbonyl (C=O) groups excluding carboxylic acids is 2. The zero-order chi connectivity index (χ0) is 17.9. The zero-order valence-electron chi connectivity index (χ0n) is 14.2. The van der Waals surface area contributed by atoms with Gasteiger partial charge in [-0.25, -0.2) is 4.79 Å². The molecule has 1 N–H and O–H groups in total. The van der Waals surface area contributed by atoms with E-state index in [2.05, 4.69) is 10.3 Å². The number of anilines is 1. The van der Waals surface area contributed by atoms with Gasteiger partial charge < -0.3 is 19.9 Å². The van der Waals surface area contributed by atoms with Crippen LogP contribution in [-0.2, 0) is 16.1 Å². The number of nitrogens with zero attached hydrogens (tertiary/aromatic N) is 3. The van der Waals surface area contributed by atoms with Crippen LogP contribution in [0.25, 0.3) is 0 Å². The van der Waals surface area contributed by atoms with Crippen LogP contribution in [0.5, 0.6) is 0 Å². The second-order valence-corrected chi connectivity index (χ2v) is 6.46. The Kier molecular flexibility index (Phi) is 4.53. The molecule has 0 aliphatic carbocycles. The number of pyridine rings is 1. The first-order chi connectivity index (χ1) is 12.7. The van der Waals surface area contributed by atoms with E-state index in [0.29, 0.717) is 19.6 Å². The number of fused-ring (bicyclic) bond motifs is 1. The van der Waals surface area contributed by atoms with Crippen molar-refractivity contribution in [2.24, 2.45) is 0 Å². The molecule has 3 amide bonds. The van der Waals surface area contributed by atoms with Crippen molar-refractivity contribution >= 4 is 17.6 Å². The zero-order valence-corrected chi connectivity index (χ0v) is 14.2. The van der Waals surface area contributed by atoms with Crippen molar-refractivity contribution in [2.45, 2.75) is 18.7 Å². The summed E-state index contributed by atoms with van der Waals surface area (Å²) in [5.74, 6) is -0.0674. The van der Waals surface area contributed by atoms with E-state index in [4.69, 9.17) is 4.74 Å². The van der Waals surface area contributed by atoms with E-state index in [0.717, 1.165) is 11.4 Å². The molecule has 2 saturated heterocycles. The standard InChI is InChI=1S/C19H20N4O3/c24-18-13-26-17-12-22(19(25)21-14-6-2-1-3-7-14)11-16(17)23(18)10-15-8-4-5-9-20-15/h1-9,16-17H,10-13H2,(H,21,25). The smallest absolute Gasteiger partial charge is 0.322 e. The summed E-state index contributed by atoms with van der Waals surface area (Å²) in [6, 6.07) is 14.6. The largest absolute Gasteiger partial charge is 0.364 e. The van der Waals surface area contributed by atoms with Crippen molar-refractivity contribution in [3.63, 3.8) is 0 Å². The lowest BCUT2D eigenvalue weighted by atomic mass is 10.1. The number of para-hydroxylation sites is 1. The minimum Gasteiger partial charge on any atom is -0.364 e. The summed E-state index contributed by atoms with van der Waals surface area (Å²) in [4.78, 5) is 32.7. The molecule has 2 atom stereocenters. The van der Waals surface area contributed by atoms with Crippen molar-refractivity contribution < 1.29 is 14.3 Å². The molecule has 134 valence electrons. The highest BCUT2D eigenvalue weighted by Gasteiger charge is 2.44. The highest BCUT2D eigenvalue weighted by atomic mass is 16.5. The second-order valence-electron chi connectivity index (χ2n) is 6.46. The summed E-state index contributed by atoms with van der Waals surface area (Å²) in [6.45, 7) is 1.39. The molecule has 26 heavy (non-hydrogen) atoms. The number of ether oxygens (including phenoxy) is 1. The molecule has 7 heteroatoms. The minimum atomic E-state index is -0.181. The highest BCUT2D eigenvalue weighted by molar-refractivity contribution is 5.89. The monoisotopic (exact) mass is 352 g/mol. The number of carbonyl (C=O) groups is 2. The molecule has 2 fully saturated rings. The summed E-state index contributed by atoms with van der Waals surface area (Å²) >= 11 is 0. The van der Waals surface area contributed by atoms with Gasteiger partial charge in [0, 0.05) is 18.4 Å². The van der Waals surface area contributed by atoms with Gasteiger partial charge in [-0.1, -0.05) is 24.3 Å². The number of likely N-dealkylation sites (tertiary alicyclic amines) is 1. The fourth-order valence-corrected chi connectivity index (χ4v) is 3.43. The molecular weight excluding hydrogens is 332 g/mol. The molecular formula is C19H20N4O3. The van der Waals surface area contributed by atoms with Crippen LogP contribution < -0.4 is 5.32 Å². The van der Waals surface area contributed by atoms with E-state index in [1.165, 1.54) is 0 Å². The third-order valence-corrected chi connectivity index (χ3v) is 4.75. The van der Waals surface area contributed by atoms with Crippen molar-refractivity contribution in [1.82, 2.24) is 14.8 Å². The number of benzene rings is 1. The van der Waals surface area contributed by atoms with Crippen molar-refractivity contribution in [2.75, 3.05) is 25.0 Å². The molecule has 7 nitrogen and oxygen atoms in total. The van der Waals surface area contributed by atoms with Gasteiger partial charge in [-0.05, 0) is 24.3 Å². The van der Waals surface area contributed by atoms with E-state index < -0.39 is 0 Å². The minimum absolute atomic E-state index is 0.0438. The lowest BCUT2D eigenvalue weighted by Crippen LogP contribution is -2.53. The fraction of sp³-hybridized carbons (Fsp3) is 0.316. The van der Waals surface area contributed by atoms with Crippen LogP contribution in [0.3, 0.4) is 0 Å². The van der Waals surface area contributed by atoms with Crippen molar-refractivity contribution in [1.29, 1.82) is 0 Å². The van der Waals surface area contributed by atoms with Gasteiger partial charge in [-0.15, -0.1) is 0 Å². The Morgan fingerprint density at radius 1 is 1.15 bits per heavy atom. The lowest BCUT2D eigenvalue weighted by Gasteiger charge is -2.36. The second kappa shape index (κ2) is 7.13. The predicted octanol–water partition coefficient (Wildman–Crippen LogP) is 1.73. The number of morpholine rings is 1. The van der Waals surface area contributed by atoms with Gasteiger partial charge >= 0.3 is 6.03 Å². The molecule has 3 heterocycles. The molecule has 0 radical (unpaired) electrons. The Morgan fingerprint density at radius 3 is 2.73 bits per heavy atom. The maximum Gasteiger partial charge on any atom is 0.322 e. The molecule has 1 aromatic carbocycles. The average Bonchev–Trinajstić information content (AvgIpc) is 3.11. The summed E-state index contributed by atoms with van der Waals surface area (Å²) in [6.07, 6.45) is 1.55. The highest BCUT2D eigenvalue weighted by Crippen LogP contribution is 2.25. The van der Waals surface area contributed by atoms with Gasteiger partial charge in [0.1, 0.15) is 6.61 Å². The van der Waals surface area contributed by atoms with E-state index in [1.54, 1.807) is 16.0 Å². The Bertz CT molecular complexity index is 784. The van der Waals surface area contributed by atoms with Gasteiger partial charge in [-0.3, -0.25) is 9.78 Å².